The highest BCUT2D eigenvalue weighted by molar-refractivity contribution is 6.04. The summed E-state index contributed by atoms with van der Waals surface area (Å²) in [5.74, 6) is 0.856. The number of nitrogens with zero attached hydrogens (tertiary/aromatic N) is 3. The summed E-state index contributed by atoms with van der Waals surface area (Å²) in [5.41, 5.74) is 4.05. The van der Waals surface area contributed by atoms with Crippen LogP contribution in [0.1, 0.15) is 16.8 Å². The third-order valence-electron chi connectivity index (χ3n) is 5.12. The van der Waals surface area contributed by atoms with Gasteiger partial charge in [0.2, 0.25) is 0 Å². The van der Waals surface area contributed by atoms with Gasteiger partial charge in [-0.15, -0.1) is 0 Å². The number of carbonyl (C=O) groups excluding carboxylic acids is 1. The summed E-state index contributed by atoms with van der Waals surface area (Å²) in [6, 6.07) is 16.9. The Morgan fingerprint density at radius 3 is 2.76 bits per heavy atom. The maximum Gasteiger partial charge on any atom is 0.256 e. The van der Waals surface area contributed by atoms with Gasteiger partial charge < -0.3 is 20.3 Å². The molecule has 1 aliphatic heterocycles. The highest BCUT2D eigenvalue weighted by Crippen LogP contribution is 2.23. The first-order chi connectivity index (χ1) is 14.2. The van der Waals surface area contributed by atoms with Gasteiger partial charge >= 0.3 is 0 Å². The largest absolute Gasteiger partial charge is 0.391 e. The number of fused-ring (bicyclic) bond motifs is 1. The van der Waals surface area contributed by atoms with Crippen LogP contribution in [-0.4, -0.2) is 50.4 Å². The van der Waals surface area contributed by atoms with Crippen LogP contribution in [0.5, 0.6) is 0 Å². The van der Waals surface area contributed by atoms with E-state index in [1.54, 1.807) is 18.2 Å². The second-order valence-electron chi connectivity index (χ2n) is 7.16. The molecule has 1 amide bonds. The van der Waals surface area contributed by atoms with E-state index in [2.05, 4.69) is 30.4 Å². The average molecular weight is 388 g/mol. The lowest BCUT2D eigenvalue weighted by Gasteiger charge is -2.17. The van der Waals surface area contributed by atoms with Gasteiger partial charge in [0.1, 0.15) is 5.69 Å². The van der Waals surface area contributed by atoms with E-state index in [0.29, 0.717) is 29.4 Å². The molecule has 0 bridgehead atoms. The van der Waals surface area contributed by atoms with Crippen molar-refractivity contribution in [3.63, 3.8) is 0 Å². The van der Waals surface area contributed by atoms with Crippen LogP contribution in [-0.2, 0) is 0 Å². The highest BCUT2D eigenvalue weighted by atomic mass is 16.3. The molecule has 0 radical (unpaired) electrons. The minimum atomic E-state index is -0.279. The van der Waals surface area contributed by atoms with E-state index in [9.17, 15) is 9.90 Å². The molecule has 8 nitrogen and oxygen atoms in total. The van der Waals surface area contributed by atoms with Gasteiger partial charge in [-0.1, -0.05) is 12.1 Å². The van der Waals surface area contributed by atoms with E-state index in [1.165, 1.54) is 0 Å². The number of hydrogen-bond donors (Lipinski definition) is 4. The second-order valence-corrected chi connectivity index (χ2v) is 7.16. The van der Waals surface area contributed by atoms with E-state index in [-0.39, 0.29) is 12.0 Å². The Morgan fingerprint density at radius 1 is 1.17 bits per heavy atom. The molecule has 5 rings (SSSR count). The quantitative estimate of drug-likeness (QED) is 0.430. The van der Waals surface area contributed by atoms with E-state index < -0.39 is 0 Å². The second kappa shape index (κ2) is 7.06. The topological polar surface area (TPSA) is 110 Å². The molecule has 0 saturated carbocycles. The molecule has 4 N–H and O–H groups in total. The summed E-state index contributed by atoms with van der Waals surface area (Å²) in [6.07, 6.45) is 0.494. The number of amides is 1. The summed E-state index contributed by atoms with van der Waals surface area (Å²) in [4.78, 5) is 22.4. The lowest BCUT2D eigenvalue weighted by molar-refractivity contribution is 0.102. The Kier molecular flexibility index (Phi) is 4.25. The number of nitrogens with one attached hydrogen (secondary N) is 3. The van der Waals surface area contributed by atoms with E-state index in [0.717, 1.165) is 29.7 Å². The van der Waals surface area contributed by atoms with Gasteiger partial charge in [-0.2, -0.15) is 5.10 Å². The molecule has 1 aliphatic rings. The Bertz CT molecular complexity index is 1130. The highest BCUT2D eigenvalue weighted by Gasteiger charge is 2.20. The maximum absolute atomic E-state index is 12.5. The van der Waals surface area contributed by atoms with Crippen molar-refractivity contribution in [2.75, 3.05) is 23.3 Å². The first kappa shape index (κ1) is 17.4. The molecule has 29 heavy (non-hydrogen) atoms. The Morgan fingerprint density at radius 2 is 2.00 bits per heavy atom. The minimum absolute atomic E-state index is 0.235. The van der Waals surface area contributed by atoms with Crippen molar-refractivity contribution in [1.29, 1.82) is 0 Å². The number of carbonyl (C=O) groups is 1. The van der Waals surface area contributed by atoms with Crippen LogP contribution in [0.3, 0.4) is 0 Å². The van der Waals surface area contributed by atoms with Gasteiger partial charge in [-0.25, -0.2) is 4.98 Å². The summed E-state index contributed by atoms with van der Waals surface area (Å²) >= 11 is 0. The predicted octanol–water partition coefficient (Wildman–Crippen LogP) is 2.78. The molecule has 1 atom stereocenters. The Hall–Kier alpha value is -3.65. The first-order valence-electron chi connectivity index (χ1n) is 9.51. The van der Waals surface area contributed by atoms with Crippen LogP contribution in [0.15, 0.2) is 54.6 Å². The lowest BCUT2D eigenvalue weighted by Crippen LogP contribution is -2.21. The average Bonchev–Trinajstić information content (AvgIpc) is 3.47. The van der Waals surface area contributed by atoms with Gasteiger partial charge in [0.15, 0.2) is 11.6 Å². The number of para-hydroxylation sites is 2. The van der Waals surface area contributed by atoms with E-state index in [4.69, 9.17) is 0 Å². The Labute approximate surface area is 166 Å². The van der Waals surface area contributed by atoms with Gasteiger partial charge in [-0.05, 0) is 42.8 Å². The Balaban J connectivity index is 1.28. The number of hydrogen-bond acceptors (Lipinski definition) is 5. The molecular formula is C21H20N6O2. The van der Waals surface area contributed by atoms with Crippen LogP contribution in [0.4, 0.5) is 11.5 Å². The van der Waals surface area contributed by atoms with Crippen molar-refractivity contribution in [3.05, 3.63) is 60.2 Å². The minimum Gasteiger partial charge on any atom is -0.391 e. The van der Waals surface area contributed by atoms with Crippen molar-refractivity contribution in [2.45, 2.75) is 12.5 Å². The number of anilines is 2. The zero-order chi connectivity index (χ0) is 19.8. The molecule has 0 unspecified atom stereocenters. The van der Waals surface area contributed by atoms with E-state index in [1.807, 2.05) is 36.4 Å². The van der Waals surface area contributed by atoms with Crippen LogP contribution < -0.4 is 10.2 Å². The SMILES string of the molecule is O=C(Nc1cc(-c2nc3ccccc3[nH]2)[nH]n1)c1ccc(N2CC[C@@H](O)C2)cc1. The van der Waals surface area contributed by atoms with Gasteiger partial charge in [0.05, 0.1) is 17.1 Å². The third-order valence-corrected chi connectivity index (χ3v) is 5.12. The number of H-pyrrole nitrogens is 2. The van der Waals surface area contributed by atoms with Crippen LogP contribution in [0.25, 0.3) is 22.6 Å². The standard InChI is InChI=1S/C21H20N6O2/c28-15-9-10-27(12-15)14-7-5-13(6-8-14)21(29)24-19-11-18(25-26-19)20-22-16-3-1-2-4-17(16)23-20/h1-8,11,15,28H,9-10,12H2,(H,22,23)(H2,24,25,26,29)/t15-/m1/s1. The summed E-state index contributed by atoms with van der Waals surface area (Å²) < 4.78 is 0. The van der Waals surface area contributed by atoms with E-state index >= 15 is 0 Å². The molecule has 0 spiro atoms. The molecule has 2 aromatic carbocycles. The maximum atomic E-state index is 12.5. The fourth-order valence-electron chi connectivity index (χ4n) is 3.58. The molecule has 8 heteroatoms. The molecule has 0 aliphatic carbocycles. The first-order valence-corrected chi connectivity index (χ1v) is 9.51. The summed E-state index contributed by atoms with van der Waals surface area (Å²) in [7, 11) is 0. The third kappa shape index (κ3) is 3.45. The van der Waals surface area contributed by atoms with Crippen molar-refractivity contribution >= 4 is 28.4 Å². The van der Waals surface area contributed by atoms with Crippen molar-refractivity contribution in [2.24, 2.45) is 0 Å². The number of aromatic nitrogens is 4. The lowest BCUT2D eigenvalue weighted by atomic mass is 10.2. The molecule has 3 heterocycles. The predicted molar refractivity (Wildman–Crippen MR) is 111 cm³/mol. The van der Waals surface area contributed by atoms with Crippen LogP contribution in [0.2, 0.25) is 0 Å². The summed E-state index contributed by atoms with van der Waals surface area (Å²) in [6.45, 7) is 1.45. The van der Waals surface area contributed by atoms with Crippen molar-refractivity contribution < 1.29 is 9.90 Å². The number of aliphatic hydroxyl groups excluding tert-OH is 1. The number of aromatic amines is 2. The summed E-state index contributed by atoms with van der Waals surface area (Å²) in [5, 5.41) is 19.5. The molecule has 1 fully saturated rings. The molecule has 1 saturated heterocycles. The van der Waals surface area contributed by atoms with Crippen LogP contribution in [0, 0.1) is 0 Å². The number of benzene rings is 2. The molecule has 2 aromatic heterocycles. The number of rotatable bonds is 4. The monoisotopic (exact) mass is 388 g/mol. The fraction of sp³-hybridized carbons (Fsp3) is 0.190. The smallest absolute Gasteiger partial charge is 0.256 e. The van der Waals surface area contributed by atoms with Gasteiger partial charge in [0, 0.05) is 30.4 Å². The van der Waals surface area contributed by atoms with Gasteiger partial charge in [-0.3, -0.25) is 9.89 Å². The van der Waals surface area contributed by atoms with Crippen molar-refractivity contribution in [1.82, 2.24) is 20.2 Å². The number of β-amino-alcohol motifs (C(OH)–C–C–N with tert-alkyl or cyclic N) is 1. The zero-order valence-electron chi connectivity index (χ0n) is 15.6. The molecular weight excluding hydrogens is 368 g/mol. The number of aliphatic hydroxyl groups is 1. The number of imidazole rings is 1. The molecule has 146 valence electrons. The van der Waals surface area contributed by atoms with Crippen LogP contribution >= 0.6 is 0 Å². The van der Waals surface area contributed by atoms with Crippen molar-refractivity contribution in [3.8, 4) is 11.5 Å². The normalized spacial score (nSPS) is 16.4. The molecule has 4 aromatic rings. The fourth-order valence-corrected chi connectivity index (χ4v) is 3.58. The zero-order valence-corrected chi connectivity index (χ0v) is 15.6. The van der Waals surface area contributed by atoms with Gasteiger partial charge in [0.25, 0.3) is 5.91 Å².